The third-order valence-electron chi connectivity index (χ3n) is 2.22. The molecule has 0 saturated carbocycles. The van der Waals surface area contributed by atoms with E-state index in [-0.39, 0.29) is 6.61 Å². The summed E-state index contributed by atoms with van der Waals surface area (Å²) in [6, 6.07) is 9.24. The molecule has 0 unspecified atom stereocenters. The van der Waals surface area contributed by atoms with Crippen LogP contribution in [0.25, 0.3) is 0 Å². The summed E-state index contributed by atoms with van der Waals surface area (Å²) < 4.78 is 5.50. The van der Waals surface area contributed by atoms with Crippen LogP contribution in [0.15, 0.2) is 24.3 Å². The molecule has 0 amide bonds. The molecule has 0 heterocycles. The van der Waals surface area contributed by atoms with E-state index < -0.39 is 0 Å². The first-order valence-corrected chi connectivity index (χ1v) is 5.19. The maximum absolute atomic E-state index is 8.84. The summed E-state index contributed by atoms with van der Waals surface area (Å²) in [6.45, 7) is 2.00. The number of aliphatic hydroxyl groups is 1. The van der Waals surface area contributed by atoms with E-state index in [0.717, 1.165) is 6.54 Å². The van der Waals surface area contributed by atoms with Crippen molar-refractivity contribution in [1.82, 2.24) is 4.90 Å². The number of nitrogens with zero attached hydrogens (tertiary/aromatic N) is 2. The highest BCUT2D eigenvalue weighted by Gasteiger charge is 2.02. The van der Waals surface area contributed by atoms with Crippen LogP contribution in [0.3, 0.4) is 0 Å². The van der Waals surface area contributed by atoms with Crippen molar-refractivity contribution in [2.24, 2.45) is 0 Å². The van der Waals surface area contributed by atoms with E-state index in [2.05, 4.69) is 6.07 Å². The molecule has 1 aromatic rings. The number of ether oxygens (including phenoxy) is 1. The lowest BCUT2D eigenvalue weighted by atomic mass is 10.2. The second-order valence-corrected chi connectivity index (χ2v) is 3.48. The number of nitriles is 1. The fourth-order valence-electron chi connectivity index (χ4n) is 1.28. The molecule has 0 aliphatic heterocycles. The highest BCUT2D eigenvalue weighted by molar-refractivity contribution is 5.42. The molecular formula is C12H16N2O2. The first-order chi connectivity index (χ1) is 7.77. The van der Waals surface area contributed by atoms with Gasteiger partial charge in [-0.15, -0.1) is 0 Å². The molecular weight excluding hydrogens is 204 g/mol. The van der Waals surface area contributed by atoms with Gasteiger partial charge in [-0.2, -0.15) is 5.26 Å². The van der Waals surface area contributed by atoms with Gasteiger partial charge in [0.05, 0.1) is 12.2 Å². The van der Waals surface area contributed by atoms with E-state index in [0.29, 0.717) is 24.5 Å². The van der Waals surface area contributed by atoms with Crippen LogP contribution >= 0.6 is 0 Å². The third kappa shape index (κ3) is 3.89. The average Bonchev–Trinajstić information content (AvgIpc) is 2.30. The number of hydrogen-bond donors (Lipinski definition) is 1. The first kappa shape index (κ1) is 12.5. The summed E-state index contributed by atoms with van der Waals surface area (Å²) in [5.41, 5.74) is 0.548. The second kappa shape index (κ2) is 6.83. The van der Waals surface area contributed by atoms with Gasteiger partial charge in [-0.25, -0.2) is 0 Å². The van der Waals surface area contributed by atoms with Crippen molar-refractivity contribution in [3.05, 3.63) is 29.8 Å². The van der Waals surface area contributed by atoms with Crippen LogP contribution in [0.2, 0.25) is 0 Å². The number of hydrogen-bond acceptors (Lipinski definition) is 4. The fraction of sp³-hybridized carbons (Fsp3) is 0.417. The monoisotopic (exact) mass is 220 g/mol. The topological polar surface area (TPSA) is 56.5 Å². The smallest absolute Gasteiger partial charge is 0.137 e. The highest BCUT2D eigenvalue weighted by atomic mass is 16.5. The zero-order valence-electron chi connectivity index (χ0n) is 9.39. The Balaban J connectivity index is 2.40. The molecule has 0 fully saturated rings. The molecule has 0 radical (unpaired) electrons. The minimum Gasteiger partial charge on any atom is -0.491 e. The number of rotatable bonds is 6. The van der Waals surface area contributed by atoms with Gasteiger partial charge in [0.15, 0.2) is 0 Å². The van der Waals surface area contributed by atoms with Gasteiger partial charge in [0, 0.05) is 13.1 Å². The predicted molar refractivity (Wildman–Crippen MR) is 61.2 cm³/mol. The van der Waals surface area contributed by atoms with Gasteiger partial charge in [-0.05, 0) is 19.2 Å². The largest absolute Gasteiger partial charge is 0.491 e. The van der Waals surface area contributed by atoms with Crippen LogP contribution in [0.5, 0.6) is 5.75 Å². The van der Waals surface area contributed by atoms with Crippen LogP contribution in [-0.4, -0.2) is 43.4 Å². The summed E-state index contributed by atoms with van der Waals surface area (Å²) >= 11 is 0. The lowest BCUT2D eigenvalue weighted by molar-refractivity contribution is 0.192. The maximum Gasteiger partial charge on any atom is 0.137 e. The molecule has 0 atom stereocenters. The minimum atomic E-state index is 0.144. The molecule has 86 valence electrons. The summed E-state index contributed by atoms with van der Waals surface area (Å²) in [6.07, 6.45) is 0. The predicted octanol–water partition coefficient (Wildman–Crippen LogP) is 0.861. The lowest BCUT2D eigenvalue weighted by Gasteiger charge is -2.15. The Hall–Kier alpha value is -1.57. The SMILES string of the molecule is CN(CCO)CCOc1ccccc1C#N. The van der Waals surface area contributed by atoms with Crippen molar-refractivity contribution in [2.45, 2.75) is 0 Å². The molecule has 0 bridgehead atoms. The standard InChI is InChI=1S/C12H16N2O2/c1-14(6-8-15)7-9-16-12-5-3-2-4-11(12)10-13/h2-5,15H,6-9H2,1H3. The van der Waals surface area contributed by atoms with E-state index in [1.165, 1.54) is 0 Å². The van der Waals surface area contributed by atoms with E-state index in [9.17, 15) is 0 Å². The van der Waals surface area contributed by atoms with Gasteiger partial charge in [0.25, 0.3) is 0 Å². The number of likely N-dealkylation sites (N-methyl/N-ethyl adjacent to an activating group) is 1. The first-order valence-electron chi connectivity index (χ1n) is 5.19. The minimum absolute atomic E-state index is 0.144. The zero-order valence-corrected chi connectivity index (χ0v) is 9.39. The molecule has 0 aromatic heterocycles. The maximum atomic E-state index is 8.84. The Bertz CT molecular complexity index is 360. The summed E-state index contributed by atoms with van der Waals surface area (Å²) in [4.78, 5) is 1.97. The van der Waals surface area contributed by atoms with E-state index >= 15 is 0 Å². The van der Waals surface area contributed by atoms with Crippen molar-refractivity contribution in [1.29, 1.82) is 5.26 Å². The van der Waals surface area contributed by atoms with Crippen LogP contribution in [0, 0.1) is 11.3 Å². The van der Waals surface area contributed by atoms with Gasteiger partial charge in [-0.3, -0.25) is 0 Å². The summed E-state index contributed by atoms with van der Waals surface area (Å²) in [7, 11) is 1.91. The Morgan fingerprint density at radius 1 is 1.38 bits per heavy atom. The molecule has 0 aliphatic rings. The summed E-state index contributed by atoms with van der Waals surface area (Å²) in [5.74, 6) is 0.613. The molecule has 1 aromatic carbocycles. The van der Waals surface area contributed by atoms with Crippen molar-refractivity contribution in [2.75, 3.05) is 33.4 Å². The molecule has 0 aliphatic carbocycles. The molecule has 1 N–H and O–H groups in total. The number of benzene rings is 1. The number of aliphatic hydroxyl groups excluding tert-OH is 1. The Morgan fingerprint density at radius 3 is 2.81 bits per heavy atom. The van der Waals surface area contributed by atoms with Gasteiger partial charge >= 0.3 is 0 Å². The van der Waals surface area contributed by atoms with Crippen LogP contribution in [-0.2, 0) is 0 Å². The van der Waals surface area contributed by atoms with E-state index in [1.54, 1.807) is 12.1 Å². The van der Waals surface area contributed by atoms with Crippen LogP contribution in [0.1, 0.15) is 5.56 Å². The molecule has 4 heteroatoms. The van der Waals surface area contributed by atoms with E-state index in [1.807, 2.05) is 24.1 Å². The third-order valence-corrected chi connectivity index (χ3v) is 2.22. The molecule has 0 spiro atoms. The van der Waals surface area contributed by atoms with Crippen molar-refractivity contribution in [3.63, 3.8) is 0 Å². The molecule has 16 heavy (non-hydrogen) atoms. The van der Waals surface area contributed by atoms with Crippen molar-refractivity contribution < 1.29 is 9.84 Å². The molecule has 0 saturated heterocycles. The van der Waals surface area contributed by atoms with E-state index in [4.69, 9.17) is 15.1 Å². The van der Waals surface area contributed by atoms with Gasteiger partial charge in [-0.1, -0.05) is 12.1 Å². The Kier molecular flexibility index (Phi) is 5.34. The normalized spacial score (nSPS) is 10.1. The van der Waals surface area contributed by atoms with Gasteiger partial charge in [0.2, 0.25) is 0 Å². The fourth-order valence-corrected chi connectivity index (χ4v) is 1.28. The van der Waals surface area contributed by atoms with Gasteiger partial charge in [0.1, 0.15) is 18.4 Å². The average molecular weight is 220 g/mol. The summed E-state index contributed by atoms with van der Waals surface area (Å²) in [5, 5.41) is 17.5. The molecule has 4 nitrogen and oxygen atoms in total. The Morgan fingerprint density at radius 2 is 2.12 bits per heavy atom. The quantitative estimate of drug-likeness (QED) is 0.772. The van der Waals surface area contributed by atoms with Gasteiger partial charge < -0.3 is 14.7 Å². The molecule has 1 rings (SSSR count). The van der Waals surface area contributed by atoms with Crippen molar-refractivity contribution >= 4 is 0 Å². The van der Waals surface area contributed by atoms with Crippen LogP contribution < -0.4 is 4.74 Å². The highest BCUT2D eigenvalue weighted by Crippen LogP contribution is 2.16. The Labute approximate surface area is 95.7 Å². The second-order valence-electron chi connectivity index (χ2n) is 3.48. The van der Waals surface area contributed by atoms with Crippen LogP contribution in [0.4, 0.5) is 0 Å². The lowest BCUT2D eigenvalue weighted by Crippen LogP contribution is -2.27. The number of para-hydroxylation sites is 1. The van der Waals surface area contributed by atoms with Crippen molar-refractivity contribution in [3.8, 4) is 11.8 Å². The zero-order chi connectivity index (χ0) is 11.8.